The van der Waals surface area contributed by atoms with Gasteiger partial charge in [0.05, 0.1) is 18.3 Å². The first kappa shape index (κ1) is 14.9. The van der Waals surface area contributed by atoms with E-state index in [-0.39, 0.29) is 18.6 Å². The minimum atomic E-state index is -0.0591. The summed E-state index contributed by atoms with van der Waals surface area (Å²) >= 11 is 0. The minimum absolute atomic E-state index is 0.00361. The van der Waals surface area contributed by atoms with Crippen molar-refractivity contribution in [3.63, 3.8) is 0 Å². The molecular weight excluding hydrogens is 254 g/mol. The topological polar surface area (TPSA) is 71.5 Å². The number of aliphatic hydroxyl groups is 1. The molecule has 1 atom stereocenters. The van der Waals surface area contributed by atoms with Gasteiger partial charge in [0.25, 0.3) is 5.91 Å². The summed E-state index contributed by atoms with van der Waals surface area (Å²) in [6.07, 6.45) is 6.87. The highest BCUT2D eigenvalue weighted by Crippen LogP contribution is 2.21. The number of aromatic nitrogens is 1. The summed E-state index contributed by atoms with van der Waals surface area (Å²) < 4.78 is 1.93. The second-order valence-electron chi connectivity index (χ2n) is 5.54. The highest BCUT2D eigenvalue weighted by molar-refractivity contribution is 5.94. The zero-order chi connectivity index (χ0) is 14.5. The number of amides is 1. The Labute approximate surface area is 120 Å². The molecule has 5 heteroatoms. The first-order chi connectivity index (χ1) is 9.67. The molecule has 1 fully saturated rings. The summed E-state index contributed by atoms with van der Waals surface area (Å²) in [5, 5.41) is 9.53. The smallest absolute Gasteiger partial charge is 0.270 e. The summed E-state index contributed by atoms with van der Waals surface area (Å²) in [5.41, 5.74) is 7.10. The maximum Gasteiger partial charge on any atom is 0.270 e. The molecule has 1 aliphatic rings. The predicted octanol–water partition coefficient (Wildman–Crippen LogP) is 1.86. The Morgan fingerprint density at radius 1 is 1.45 bits per heavy atom. The molecule has 1 aliphatic heterocycles. The number of carbonyl (C=O) groups excluding carboxylic acids is 1. The molecule has 3 N–H and O–H groups in total. The number of aryl methyl sites for hydroxylation is 1. The van der Waals surface area contributed by atoms with Crippen molar-refractivity contribution in [1.82, 2.24) is 9.47 Å². The Kier molecular flexibility index (Phi) is 5.06. The van der Waals surface area contributed by atoms with Crippen LogP contribution >= 0.6 is 0 Å². The zero-order valence-electron chi connectivity index (χ0n) is 12.2. The van der Waals surface area contributed by atoms with Crippen LogP contribution in [0.25, 0.3) is 0 Å². The van der Waals surface area contributed by atoms with Crippen LogP contribution in [0.1, 0.15) is 49.5 Å². The van der Waals surface area contributed by atoms with Crippen molar-refractivity contribution in [1.29, 1.82) is 0 Å². The number of hydrogen-bond donors (Lipinski definition) is 2. The highest BCUT2D eigenvalue weighted by Gasteiger charge is 2.27. The van der Waals surface area contributed by atoms with Crippen LogP contribution in [-0.2, 0) is 6.54 Å². The van der Waals surface area contributed by atoms with Crippen molar-refractivity contribution in [2.75, 3.05) is 18.9 Å². The average Bonchev–Trinajstić information content (AvgIpc) is 2.66. The third kappa shape index (κ3) is 3.15. The molecule has 0 radical (unpaired) electrons. The lowest BCUT2D eigenvalue weighted by molar-refractivity contribution is 0.0589. The molecule has 1 saturated heterocycles. The molecule has 0 aromatic carbocycles. The van der Waals surface area contributed by atoms with E-state index in [9.17, 15) is 9.90 Å². The SMILES string of the molecule is CCCn1cc(N)cc1C(=O)N1CCCCCC1CO. The zero-order valence-corrected chi connectivity index (χ0v) is 12.2. The normalized spacial score (nSPS) is 19.9. The molecule has 1 aromatic rings. The Morgan fingerprint density at radius 3 is 2.95 bits per heavy atom. The van der Waals surface area contributed by atoms with Crippen LogP contribution in [-0.4, -0.2) is 39.7 Å². The summed E-state index contributed by atoms with van der Waals surface area (Å²) in [4.78, 5) is 14.6. The molecular formula is C15H25N3O2. The average molecular weight is 279 g/mol. The Balaban J connectivity index is 2.24. The third-order valence-corrected chi connectivity index (χ3v) is 3.95. The van der Waals surface area contributed by atoms with Crippen LogP contribution in [0.2, 0.25) is 0 Å². The van der Waals surface area contributed by atoms with E-state index in [2.05, 4.69) is 6.92 Å². The lowest BCUT2D eigenvalue weighted by Gasteiger charge is -2.29. The Bertz CT molecular complexity index is 456. The van der Waals surface area contributed by atoms with Gasteiger partial charge in [0.1, 0.15) is 5.69 Å². The molecule has 0 spiro atoms. The minimum Gasteiger partial charge on any atom is -0.397 e. The number of likely N-dealkylation sites (tertiary alicyclic amines) is 1. The molecule has 1 amide bonds. The molecule has 1 aromatic heterocycles. The summed E-state index contributed by atoms with van der Waals surface area (Å²) in [7, 11) is 0. The number of carbonyl (C=O) groups is 1. The van der Waals surface area contributed by atoms with Gasteiger partial charge in [-0.3, -0.25) is 4.79 Å². The van der Waals surface area contributed by atoms with Gasteiger partial charge in [0.2, 0.25) is 0 Å². The lowest BCUT2D eigenvalue weighted by Crippen LogP contribution is -2.42. The monoisotopic (exact) mass is 279 g/mol. The van der Waals surface area contributed by atoms with Gasteiger partial charge in [-0.25, -0.2) is 0 Å². The van der Waals surface area contributed by atoms with Crippen molar-refractivity contribution in [3.05, 3.63) is 18.0 Å². The number of nitrogen functional groups attached to an aromatic ring is 1. The standard InChI is InChI=1S/C15H25N3O2/c1-2-7-17-10-12(16)9-14(17)15(20)18-8-5-3-4-6-13(18)11-19/h9-10,13,19H,2-8,11,16H2,1H3. The van der Waals surface area contributed by atoms with Crippen LogP contribution in [0.4, 0.5) is 5.69 Å². The molecule has 0 aliphatic carbocycles. The molecule has 0 saturated carbocycles. The van der Waals surface area contributed by atoms with Crippen LogP contribution < -0.4 is 5.73 Å². The maximum absolute atomic E-state index is 12.8. The fraction of sp³-hybridized carbons (Fsp3) is 0.667. The van der Waals surface area contributed by atoms with E-state index in [1.807, 2.05) is 15.7 Å². The van der Waals surface area contributed by atoms with Gasteiger partial charge in [0, 0.05) is 19.3 Å². The van der Waals surface area contributed by atoms with Crippen LogP contribution in [0.5, 0.6) is 0 Å². The van der Waals surface area contributed by atoms with E-state index in [4.69, 9.17) is 5.73 Å². The van der Waals surface area contributed by atoms with E-state index in [0.29, 0.717) is 11.4 Å². The van der Waals surface area contributed by atoms with Gasteiger partial charge >= 0.3 is 0 Å². The van der Waals surface area contributed by atoms with E-state index in [1.165, 1.54) is 0 Å². The molecule has 0 bridgehead atoms. The second-order valence-corrected chi connectivity index (χ2v) is 5.54. The van der Waals surface area contributed by atoms with Gasteiger partial charge in [-0.1, -0.05) is 19.8 Å². The van der Waals surface area contributed by atoms with Crippen molar-refractivity contribution in [2.24, 2.45) is 0 Å². The first-order valence-corrected chi connectivity index (χ1v) is 7.54. The van der Waals surface area contributed by atoms with Crippen molar-refractivity contribution >= 4 is 11.6 Å². The predicted molar refractivity (Wildman–Crippen MR) is 79.5 cm³/mol. The Hall–Kier alpha value is -1.49. The third-order valence-electron chi connectivity index (χ3n) is 3.95. The summed E-state index contributed by atoms with van der Waals surface area (Å²) in [5.74, 6) is -0.00361. The van der Waals surface area contributed by atoms with Crippen LogP contribution in [0, 0.1) is 0 Å². The molecule has 20 heavy (non-hydrogen) atoms. The van der Waals surface area contributed by atoms with Gasteiger partial charge in [-0.05, 0) is 25.3 Å². The first-order valence-electron chi connectivity index (χ1n) is 7.54. The summed E-state index contributed by atoms with van der Waals surface area (Å²) in [6.45, 7) is 3.62. The van der Waals surface area contributed by atoms with Crippen molar-refractivity contribution < 1.29 is 9.90 Å². The quantitative estimate of drug-likeness (QED) is 0.883. The number of anilines is 1. The van der Waals surface area contributed by atoms with Gasteiger partial charge in [-0.15, -0.1) is 0 Å². The fourth-order valence-electron chi connectivity index (χ4n) is 2.92. The maximum atomic E-state index is 12.8. The molecule has 5 nitrogen and oxygen atoms in total. The van der Waals surface area contributed by atoms with E-state index < -0.39 is 0 Å². The van der Waals surface area contributed by atoms with Crippen molar-refractivity contribution in [3.8, 4) is 0 Å². The van der Waals surface area contributed by atoms with Gasteiger partial charge in [0.15, 0.2) is 0 Å². The van der Waals surface area contributed by atoms with E-state index in [1.54, 1.807) is 6.07 Å². The second kappa shape index (κ2) is 6.79. The van der Waals surface area contributed by atoms with Crippen LogP contribution in [0.3, 0.4) is 0 Å². The van der Waals surface area contributed by atoms with E-state index in [0.717, 1.165) is 45.2 Å². The van der Waals surface area contributed by atoms with Gasteiger partial charge in [-0.2, -0.15) is 0 Å². The largest absolute Gasteiger partial charge is 0.397 e. The molecule has 2 rings (SSSR count). The lowest BCUT2D eigenvalue weighted by atomic mass is 10.1. The molecule has 112 valence electrons. The highest BCUT2D eigenvalue weighted by atomic mass is 16.3. The number of nitrogens with two attached hydrogens (primary N) is 1. The molecule has 2 heterocycles. The van der Waals surface area contributed by atoms with Gasteiger partial charge < -0.3 is 20.3 Å². The fourth-order valence-corrected chi connectivity index (χ4v) is 2.92. The number of nitrogens with zero attached hydrogens (tertiary/aromatic N) is 2. The van der Waals surface area contributed by atoms with E-state index >= 15 is 0 Å². The number of rotatable bonds is 4. The molecule has 1 unspecified atom stereocenters. The summed E-state index contributed by atoms with van der Waals surface area (Å²) in [6, 6.07) is 1.69. The van der Waals surface area contributed by atoms with Crippen LogP contribution in [0.15, 0.2) is 12.3 Å². The number of hydrogen-bond acceptors (Lipinski definition) is 3. The Morgan fingerprint density at radius 2 is 2.25 bits per heavy atom. The number of aliphatic hydroxyl groups excluding tert-OH is 1. The van der Waals surface area contributed by atoms with Crippen molar-refractivity contribution in [2.45, 2.75) is 51.6 Å².